The van der Waals surface area contributed by atoms with E-state index in [9.17, 15) is 5.11 Å². The number of aliphatic hydroxyl groups is 1. The van der Waals surface area contributed by atoms with Crippen LogP contribution in [0, 0.1) is 0 Å². The number of fused-ring (bicyclic) bond motifs is 1. The van der Waals surface area contributed by atoms with Crippen molar-refractivity contribution in [3.63, 3.8) is 0 Å². The van der Waals surface area contributed by atoms with Gasteiger partial charge in [-0.25, -0.2) is 0 Å². The van der Waals surface area contributed by atoms with Crippen LogP contribution >= 0.6 is 0 Å². The van der Waals surface area contributed by atoms with Crippen LogP contribution in [0.4, 0.5) is 0 Å². The van der Waals surface area contributed by atoms with E-state index in [1.165, 1.54) is 5.56 Å². The summed E-state index contributed by atoms with van der Waals surface area (Å²) < 4.78 is 1.95. The fraction of sp³-hybridized carbons (Fsp3) is 0.500. The topological polar surface area (TPSA) is 38.0 Å². The van der Waals surface area contributed by atoms with Gasteiger partial charge in [-0.2, -0.15) is 5.10 Å². The number of rotatable bonds is 3. The summed E-state index contributed by atoms with van der Waals surface area (Å²) in [5, 5.41) is 15.8. The first-order valence-electron chi connectivity index (χ1n) is 7.85. The molecule has 1 aliphatic carbocycles. The van der Waals surface area contributed by atoms with Crippen molar-refractivity contribution in [2.45, 2.75) is 57.6 Å². The van der Waals surface area contributed by atoms with Gasteiger partial charge in [-0.3, -0.25) is 4.68 Å². The van der Waals surface area contributed by atoms with Gasteiger partial charge >= 0.3 is 0 Å². The molecule has 1 aromatic carbocycles. The summed E-state index contributed by atoms with van der Waals surface area (Å²) in [4.78, 5) is 0. The summed E-state index contributed by atoms with van der Waals surface area (Å²) >= 11 is 0. The minimum Gasteiger partial charge on any atom is -0.385 e. The molecule has 3 heteroatoms. The van der Waals surface area contributed by atoms with Crippen LogP contribution in [-0.2, 0) is 12.0 Å². The van der Waals surface area contributed by atoms with Crippen LogP contribution in [0.2, 0.25) is 0 Å². The fourth-order valence-electron chi connectivity index (χ4n) is 3.34. The van der Waals surface area contributed by atoms with E-state index in [1.54, 1.807) is 0 Å². The number of nitrogens with zero attached hydrogens (tertiary/aromatic N) is 2. The van der Waals surface area contributed by atoms with Crippen molar-refractivity contribution in [3.8, 4) is 0 Å². The molecule has 0 aliphatic heterocycles. The standard InChI is InChI=1S/C18H24N2O/c1-13(2)20-11-9-15(19-20)12-18(21)10-8-14(3)16-6-4-5-7-17(16)18/h4-7,9,11,13-14,21H,8,10,12H2,1-3H3. The Morgan fingerprint density at radius 1 is 1.33 bits per heavy atom. The van der Waals surface area contributed by atoms with Gasteiger partial charge in [-0.1, -0.05) is 31.2 Å². The molecule has 0 bridgehead atoms. The molecule has 1 aliphatic rings. The Hall–Kier alpha value is -1.61. The average molecular weight is 284 g/mol. The molecule has 1 aromatic heterocycles. The van der Waals surface area contributed by atoms with Gasteiger partial charge in [0.2, 0.25) is 0 Å². The van der Waals surface area contributed by atoms with Crippen molar-refractivity contribution in [2.24, 2.45) is 0 Å². The zero-order valence-electron chi connectivity index (χ0n) is 13.1. The molecule has 21 heavy (non-hydrogen) atoms. The Morgan fingerprint density at radius 2 is 2.10 bits per heavy atom. The molecule has 1 heterocycles. The Morgan fingerprint density at radius 3 is 2.81 bits per heavy atom. The average Bonchev–Trinajstić information content (AvgIpc) is 2.92. The molecular weight excluding hydrogens is 260 g/mol. The summed E-state index contributed by atoms with van der Waals surface area (Å²) in [5.41, 5.74) is 2.56. The van der Waals surface area contributed by atoms with Crippen LogP contribution in [0.1, 0.15) is 62.4 Å². The van der Waals surface area contributed by atoms with Crippen molar-refractivity contribution < 1.29 is 5.11 Å². The van der Waals surface area contributed by atoms with Crippen LogP contribution < -0.4 is 0 Å². The Balaban J connectivity index is 1.92. The summed E-state index contributed by atoms with van der Waals surface area (Å²) in [6.07, 6.45) is 4.43. The van der Waals surface area contributed by atoms with Gasteiger partial charge in [0.15, 0.2) is 0 Å². The molecule has 2 aromatic rings. The van der Waals surface area contributed by atoms with Crippen molar-refractivity contribution in [2.75, 3.05) is 0 Å². The summed E-state index contributed by atoms with van der Waals surface area (Å²) in [7, 11) is 0. The third-order valence-electron chi connectivity index (χ3n) is 4.65. The van der Waals surface area contributed by atoms with Crippen LogP contribution in [0.15, 0.2) is 36.5 Å². The lowest BCUT2D eigenvalue weighted by Gasteiger charge is -2.37. The SMILES string of the molecule is CC1CCC(O)(Cc2ccn(C(C)C)n2)c2ccccc21. The van der Waals surface area contributed by atoms with Crippen LogP contribution in [-0.4, -0.2) is 14.9 Å². The van der Waals surface area contributed by atoms with Crippen molar-refractivity contribution in [1.82, 2.24) is 9.78 Å². The third-order valence-corrected chi connectivity index (χ3v) is 4.65. The summed E-state index contributed by atoms with van der Waals surface area (Å²) in [6.45, 7) is 6.47. The molecule has 0 amide bonds. The second-order valence-corrected chi connectivity index (χ2v) is 6.62. The molecule has 0 radical (unpaired) electrons. The Labute approximate surface area is 126 Å². The maximum absolute atomic E-state index is 11.2. The van der Waals surface area contributed by atoms with E-state index >= 15 is 0 Å². The first kappa shape index (κ1) is 14.3. The summed E-state index contributed by atoms with van der Waals surface area (Å²) in [5.74, 6) is 0.523. The Kier molecular flexibility index (Phi) is 3.62. The molecule has 3 nitrogen and oxygen atoms in total. The second kappa shape index (κ2) is 5.30. The van der Waals surface area contributed by atoms with Gasteiger partial charge in [0.25, 0.3) is 0 Å². The van der Waals surface area contributed by atoms with Gasteiger partial charge in [0.1, 0.15) is 0 Å². The van der Waals surface area contributed by atoms with Crippen molar-refractivity contribution in [3.05, 3.63) is 53.3 Å². The van der Waals surface area contributed by atoms with E-state index in [1.807, 2.05) is 23.0 Å². The molecule has 0 spiro atoms. The predicted molar refractivity (Wildman–Crippen MR) is 84.3 cm³/mol. The van der Waals surface area contributed by atoms with Crippen LogP contribution in [0.5, 0.6) is 0 Å². The minimum atomic E-state index is -0.779. The van der Waals surface area contributed by atoms with E-state index in [0.717, 1.165) is 24.1 Å². The predicted octanol–water partition coefficient (Wildman–Crippen LogP) is 3.79. The van der Waals surface area contributed by atoms with Gasteiger partial charge in [-0.15, -0.1) is 0 Å². The lowest BCUT2D eigenvalue weighted by molar-refractivity contribution is 0.0148. The molecule has 1 N–H and O–H groups in total. The lowest BCUT2D eigenvalue weighted by atomic mass is 9.72. The normalized spacial score (nSPS) is 25.1. The van der Waals surface area contributed by atoms with E-state index in [2.05, 4.69) is 44.1 Å². The minimum absolute atomic E-state index is 0.354. The quantitative estimate of drug-likeness (QED) is 0.931. The first-order chi connectivity index (χ1) is 9.99. The van der Waals surface area contributed by atoms with E-state index < -0.39 is 5.60 Å². The lowest BCUT2D eigenvalue weighted by Crippen LogP contribution is -2.34. The zero-order chi connectivity index (χ0) is 15.0. The van der Waals surface area contributed by atoms with Gasteiger partial charge in [0.05, 0.1) is 11.3 Å². The molecule has 112 valence electrons. The monoisotopic (exact) mass is 284 g/mol. The number of aromatic nitrogens is 2. The smallest absolute Gasteiger partial charge is 0.0955 e. The highest BCUT2D eigenvalue weighted by molar-refractivity contribution is 5.38. The number of hydrogen-bond acceptors (Lipinski definition) is 2. The summed E-state index contributed by atoms with van der Waals surface area (Å²) in [6, 6.07) is 10.7. The van der Waals surface area contributed by atoms with E-state index in [-0.39, 0.29) is 0 Å². The Bertz CT molecular complexity index is 632. The highest BCUT2D eigenvalue weighted by Gasteiger charge is 2.37. The van der Waals surface area contributed by atoms with Crippen molar-refractivity contribution >= 4 is 0 Å². The maximum Gasteiger partial charge on any atom is 0.0955 e. The third kappa shape index (κ3) is 2.62. The molecule has 3 rings (SSSR count). The van der Waals surface area contributed by atoms with Gasteiger partial charge in [0, 0.05) is 18.7 Å². The molecule has 0 saturated carbocycles. The second-order valence-electron chi connectivity index (χ2n) is 6.62. The van der Waals surface area contributed by atoms with E-state index in [4.69, 9.17) is 0 Å². The molecular formula is C18H24N2O. The fourth-order valence-corrected chi connectivity index (χ4v) is 3.34. The van der Waals surface area contributed by atoms with Gasteiger partial charge in [-0.05, 0) is 49.8 Å². The van der Waals surface area contributed by atoms with Gasteiger partial charge < -0.3 is 5.11 Å². The highest BCUT2D eigenvalue weighted by Crippen LogP contribution is 2.42. The van der Waals surface area contributed by atoms with Crippen LogP contribution in [0.25, 0.3) is 0 Å². The maximum atomic E-state index is 11.2. The highest BCUT2D eigenvalue weighted by atomic mass is 16.3. The largest absolute Gasteiger partial charge is 0.385 e. The zero-order valence-corrected chi connectivity index (χ0v) is 13.1. The number of hydrogen-bond donors (Lipinski definition) is 1. The van der Waals surface area contributed by atoms with Crippen molar-refractivity contribution in [1.29, 1.82) is 0 Å². The molecule has 2 unspecified atom stereocenters. The number of benzene rings is 1. The molecule has 0 fully saturated rings. The van der Waals surface area contributed by atoms with E-state index in [0.29, 0.717) is 18.4 Å². The first-order valence-corrected chi connectivity index (χ1v) is 7.85. The molecule has 2 atom stereocenters. The molecule has 0 saturated heterocycles. The van der Waals surface area contributed by atoms with Crippen LogP contribution in [0.3, 0.4) is 0 Å².